The van der Waals surface area contributed by atoms with Crippen molar-refractivity contribution in [3.05, 3.63) is 117 Å². The monoisotopic (exact) mass is 469 g/mol. The van der Waals surface area contributed by atoms with Crippen LogP contribution in [0.4, 0.5) is 0 Å². The highest BCUT2D eigenvalue weighted by Crippen LogP contribution is 2.33. The molecular weight excluding hydrogens is 450 g/mol. The summed E-state index contributed by atoms with van der Waals surface area (Å²) in [6.45, 7) is 0. The lowest BCUT2D eigenvalue weighted by molar-refractivity contribution is 0.0538. The van der Waals surface area contributed by atoms with Crippen LogP contribution < -0.4 is 15.8 Å². The van der Waals surface area contributed by atoms with Crippen molar-refractivity contribution in [1.82, 2.24) is 5.32 Å². The largest absolute Gasteiger partial charge is 0.366 e. The van der Waals surface area contributed by atoms with Crippen molar-refractivity contribution in [3.63, 3.8) is 0 Å². The van der Waals surface area contributed by atoms with Crippen LogP contribution in [0.5, 0.6) is 0 Å². The third-order valence-electron chi connectivity index (χ3n) is 5.73. The lowest BCUT2D eigenvalue weighted by atomic mass is 9.84. The van der Waals surface area contributed by atoms with E-state index < -0.39 is 5.72 Å². The summed E-state index contributed by atoms with van der Waals surface area (Å²) in [4.78, 5) is 13.0. The van der Waals surface area contributed by atoms with Crippen molar-refractivity contribution in [1.29, 1.82) is 0 Å². The lowest BCUT2D eigenvalue weighted by Gasteiger charge is -2.34. The van der Waals surface area contributed by atoms with Gasteiger partial charge in [-0.05, 0) is 51.0 Å². The number of amides is 1. The van der Waals surface area contributed by atoms with Crippen LogP contribution >= 0.6 is 15.9 Å². The van der Waals surface area contributed by atoms with E-state index in [0.717, 1.165) is 31.2 Å². The molecule has 4 aromatic carbocycles. The fraction of sp³-hybridized carbons (Fsp3) is 0.0741. The van der Waals surface area contributed by atoms with Gasteiger partial charge in [0.05, 0.1) is 0 Å². The number of rotatable bonds is 3. The Labute approximate surface area is 188 Å². The van der Waals surface area contributed by atoms with Crippen LogP contribution in [0.15, 0.2) is 95.5 Å². The second-order valence-electron chi connectivity index (χ2n) is 7.72. The molecule has 0 spiro atoms. The number of carbonyl (C=O) groups is 1. The predicted molar refractivity (Wildman–Crippen MR) is 128 cm³/mol. The van der Waals surface area contributed by atoms with E-state index in [-0.39, 0.29) is 12.3 Å². The number of nitrogens with one attached hydrogen (secondary N) is 1. The molecule has 1 aliphatic carbocycles. The minimum Gasteiger partial charge on any atom is -0.366 e. The van der Waals surface area contributed by atoms with Crippen molar-refractivity contribution < 1.29 is 9.90 Å². The first kappa shape index (κ1) is 19.7. The Balaban J connectivity index is 1.76. The van der Waals surface area contributed by atoms with Gasteiger partial charge in [-0.1, -0.05) is 88.7 Å². The fourth-order valence-electron chi connectivity index (χ4n) is 4.29. The van der Waals surface area contributed by atoms with E-state index in [0.29, 0.717) is 11.1 Å². The van der Waals surface area contributed by atoms with Gasteiger partial charge in [0.15, 0.2) is 5.72 Å². The summed E-state index contributed by atoms with van der Waals surface area (Å²) in [5.74, 6) is -0.310. The van der Waals surface area contributed by atoms with Crippen LogP contribution in [0.3, 0.4) is 0 Å². The van der Waals surface area contributed by atoms with E-state index in [1.807, 2.05) is 72.8 Å². The standard InChI is InChI=1S/C27H20BrNO2/c28-21-13-14-23-20(17-21)15-16-27(31,29-26(30)19-8-2-1-3-9-19)25(23)24-12-6-10-18-7-4-5-11-22(18)24/h1-15,17,31H,16H2,(H,29,30). The molecule has 4 heteroatoms. The summed E-state index contributed by atoms with van der Waals surface area (Å²) in [5, 5.41) is 18.8. The van der Waals surface area contributed by atoms with Gasteiger partial charge in [0, 0.05) is 22.0 Å². The first-order valence-electron chi connectivity index (χ1n) is 10.1. The van der Waals surface area contributed by atoms with Gasteiger partial charge >= 0.3 is 0 Å². The molecule has 3 nitrogen and oxygen atoms in total. The number of carbonyl (C=O) groups excluding carboxylic acids is 1. The Hall–Kier alpha value is -3.21. The van der Waals surface area contributed by atoms with E-state index in [1.165, 1.54) is 0 Å². The molecule has 1 amide bonds. The highest BCUT2D eigenvalue weighted by atomic mass is 79.9. The second-order valence-corrected chi connectivity index (χ2v) is 8.64. The van der Waals surface area contributed by atoms with Gasteiger partial charge in [0.2, 0.25) is 0 Å². The molecule has 0 aromatic heterocycles. The third-order valence-corrected chi connectivity index (χ3v) is 6.22. The number of fused-ring (bicyclic) bond motifs is 2. The van der Waals surface area contributed by atoms with E-state index in [1.54, 1.807) is 12.1 Å². The van der Waals surface area contributed by atoms with Gasteiger partial charge in [-0.3, -0.25) is 4.79 Å². The SMILES string of the molecule is O=C(NC1(O)CC=c2cc(Br)ccc2=C1c1cccc2ccccc12)c1ccccc1. The van der Waals surface area contributed by atoms with E-state index in [4.69, 9.17) is 0 Å². The first-order valence-corrected chi connectivity index (χ1v) is 10.9. The number of halogens is 1. The molecule has 1 unspecified atom stereocenters. The van der Waals surface area contributed by atoms with Crippen molar-refractivity contribution >= 4 is 44.3 Å². The predicted octanol–water partition coefficient (Wildman–Crippen LogP) is 4.10. The molecule has 1 atom stereocenters. The van der Waals surface area contributed by atoms with Gasteiger partial charge in [0.25, 0.3) is 5.91 Å². The van der Waals surface area contributed by atoms with Crippen molar-refractivity contribution in [2.75, 3.05) is 0 Å². The number of hydrogen-bond acceptors (Lipinski definition) is 2. The molecule has 0 aliphatic heterocycles. The summed E-state index contributed by atoms with van der Waals surface area (Å²) >= 11 is 3.54. The quantitative estimate of drug-likeness (QED) is 0.443. The summed E-state index contributed by atoms with van der Waals surface area (Å²) in [6, 6.07) is 29.1. The van der Waals surface area contributed by atoms with Crippen molar-refractivity contribution in [2.24, 2.45) is 0 Å². The molecule has 0 bridgehead atoms. The van der Waals surface area contributed by atoms with Crippen LogP contribution in [0.2, 0.25) is 0 Å². The Morgan fingerprint density at radius 1 is 0.903 bits per heavy atom. The van der Waals surface area contributed by atoms with Gasteiger partial charge < -0.3 is 10.4 Å². The first-order chi connectivity index (χ1) is 15.0. The summed E-state index contributed by atoms with van der Waals surface area (Å²) < 4.78 is 0.971. The highest BCUT2D eigenvalue weighted by Gasteiger charge is 2.36. The Kier molecular flexibility index (Phi) is 4.97. The second kappa shape index (κ2) is 7.80. The van der Waals surface area contributed by atoms with Gasteiger partial charge in [-0.2, -0.15) is 0 Å². The molecule has 2 N–H and O–H groups in total. The van der Waals surface area contributed by atoms with Crippen LogP contribution in [0.25, 0.3) is 22.4 Å². The maximum Gasteiger partial charge on any atom is 0.253 e. The van der Waals surface area contributed by atoms with Gasteiger partial charge in [-0.25, -0.2) is 0 Å². The zero-order valence-corrected chi connectivity index (χ0v) is 18.3. The maximum absolute atomic E-state index is 13.0. The molecule has 0 heterocycles. The Morgan fingerprint density at radius 3 is 2.48 bits per heavy atom. The zero-order chi connectivity index (χ0) is 21.4. The molecule has 0 radical (unpaired) electrons. The van der Waals surface area contributed by atoms with Crippen molar-refractivity contribution in [3.8, 4) is 0 Å². The zero-order valence-electron chi connectivity index (χ0n) is 16.7. The maximum atomic E-state index is 13.0. The van der Waals surface area contributed by atoms with Crippen LogP contribution in [-0.4, -0.2) is 16.7 Å². The smallest absolute Gasteiger partial charge is 0.253 e. The van der Waals surface area contributed by atoms with Gasteiger partial charge in [0.1, 0.15) is 0 Å². The van der Waals surface area contributed by atoms with Crippen LogP contribution in [0.1, 0.15) is 22.3 Å². The molecular formula is C27H20BrNO2. The van der Waals surface area contributed by atoms with E-state index in [9.17, 15) is 9.90 Å². The average molecular weight is 470 g/mol. The lowest BCUT2D eigenvalue weighted by Crippen LogP contribution is -2.54. The van der Waals surface area contributed by atoms with E-state index in [2.05, 4.69) is 33.4 Å². The van der Waals surface area contributed by atoms with Crippen LogP contribution in [-0.2, 0) is 0 Å². The topological polar surface area (TPSA) is 49.3 Å². The molecule has 152 valence electrons. The fourth-order valence-corrected chi connectivity index (χ4v) is 4.67. The van der Waals surface area contributed by atoms with E-state index >= 15 is 0 Å². The van der Waals surface area contributed by atoms with Crippen LogP contribution in [0, 0.1) is 0 Å². The summed E-state index contributed by atoms with van der Waals surface area (Å²) in [5.41, 5.74) is 0.580. The molecule has 0 fully saturated rings. The molecule has 31 heavy (non-hydrogen) atoms. The average Bonchev–Trinajstić information content (AvgIpc) is 2.79. The van der Waals surface area contributed by atoms with Crippen molar-refractivity contribution in [2.45, 2.75) is 12.1 Å². The minimum atomic E-state index is -1.54. The number of aliphatic hydroxyl groups is 1. The Morgan fingerprint density at radius 2 is 1.65 bits per heavy atom. The molecule has 4 aromatic rings. The summed E-state index contributed by atoms with van der Waals surface area (Å²) in [7, 11) is 0. The molecule has 5 rings (SSSR count). The number of hydrogen-bond donors (Lipinski definition) is 2. The highest BCUT2D eigenvalue weighted by molar-refractivity contribution is 9.10. The Bertz CT molecular complexity index is 1420. The minimum absolute atomic E-state index is 0.271. The molecule has 0 saturated heterocycles. The summed E-state index contributed by atoms with van der Waals surface area (Å²) in [6.07, 6.45) is 2.24. The third kappa shape index (κ3) is 3.58. The molecule has 1 aliphatic rings. The van der Waals surface area contributed by atoms with Gasteiger partial charge in [-0.15, -0.1) is 0 Å². The molecule has 0 saturated carbocycles. The normalized spacial score (nSPS) is 17.7. The number of benzene rings is 4.